The van der Waals surface area contributed by atoms with Crippen molar-refractivity contribution in [3.8, 4) is 17.0 Å². The van der Waals surface area contributed by atoms with Crippen LogP contribution in [0.3, 0.4) is 0 Å². The van der Waals surface area contributed by atoms with Gasteiger partial charge in [0.25, 0.3) is 0 Å². The summed E-state index contributed by atoms with van der Waals surface area (Å²) in [6.45, 7) is 0. The summed E-state index contributed by atoms with van der Waals surface area (Å²) in [7, 11) is 1.68. The van der Waals surface area contributed by atoms with Crippen LogP contribution in [0.15, 0.2) is 53.9 Å². The van der Waals surface area contributed by atoms with E-state index in [0.717, 1.165) is 21.7 Å². The number of para-hydroxylation sites is 2. The lowest BCUT2D eigenvalue weighted by Gasteiger charge is -2.03. The normalized spacial score (nSPS) is 11.2. The van der Waals surface area contributed by atoms with Crippen LogP contribution in [-0.4, -0.2) is 16.5 Å². The summed E-state index contributed by atoms with van der Waals surface area (Å²) in [6, 6.07) is 16.3. The molecule has 0 radical (unpaired) electrons. The second-order valence-corrected chi connectivity index (χ2v) is 5.40. The van der Waals surface area contributed by atoms with Crippen molar-refractivity contribution in [2.45, 2.75) is 0 Å². The molecule has 2 heterocycles. The number of ether oxygens (including phenoxy) is 1. The summed E-state index contributed by atoms with van der Waals surface area (Å²) in [5.41, 5.74) is 4.52. The van der Waals surface area contributed by atoms with Crippen LogP contribution in [0.5, 0.6) is 5.75 Å². The summed E-state index contributed by atoms with van der Waals surface area (Å²) < 4.78 is 7.42. The van der Waals surface area contributed by atoms with Crippen molar-refractivity contribution in [2.75, 3.05) is 7.11 Å². The van der Waals surface area contributed by atoms with Gasteiger partial charge in [0.2, 0.25) is 0 Å². The maximum Gasteiger partial charge on any atom is 0.195 e. The first-order valence-electron chi connectivity index (χ1n) is 6.36. The first-order chi connectivity index (χ1) is 9.86. The first kappa shape index (κ1) is 11.5. The minimum Gasteiger partial charge on any atom is -0.497 e. The maximum atomic E-state index is 5.21. The van der Waals surface area contributed by atoms with E-state index < -0.39 is 0 Å². The smallest absolute Gasteiger partial charge is 0.195 e. The lowest BCUT2D eigenvalue weighted by molar-refractivity contribution is 0.415. The zero-order valence-corrected chi connectivity index (χ0v) is 11.7. The van der Waals surface area contributed by atoms with Crippen LogP contribution < -0.4 is 4.74 Å². The second-order valence-electron chi connectivity index (χ2n) is 4.57. The molecule has 2 aromatic heterocycles. The van der Waals surface area contributed by atoms with Crippen molar-refractivity contribution in [3.63, 3.8) is 0 Å². The van der Waals surface area contributed by atoms with Crippen molar-refractivity contribution in [2.24, 2.45) is 0 Å². The minimum absolute atomic E-state index is 0.871. The van der Waals surface area contributed by atoms with Gasteiger partial charge in [0.1, 0.15) is 5.75 Å². The van der Waals surface area contributed by atoms with Gasteiger partial charge in [-0.25, -0.2) is 4.98 Å². The number of aromatic nitrogens is 2. The monoisotopic (exact) mass is 280 g/mol. The molecular weight excluding hydrogens is 268 g/mol. The molecule has 0 unspecified atom stereocenters. The molecule has 0 spiro atoms. The predicted octanol–water partition coefficient (Wildman–Crippen LogP) is 4.22. The van der Waals surface area contributed by atoms with Gasteiger partial charge < -0.3 is 4.74 Å². The molecule has 0 atom stereocenters. The number of nitrogens with zero attached hydrogens (tertiary/aromatic N) is 2. The Morgan fingerprint density at radius 2 is 1.85 bits per heavy atom. The van der Waals surface area contributed by atoms with E-state index in [1.165, 1.54) is 11.3 Å². The number of imidazole rings is 1. The fourth-order valence-electron chi connectivity index (χ4n) is 2.44. The summed E-state index contributed by atoms with van der Waals surface area (Å²) in [4.78, 5) is 5.68. The average molecular weight is 280 g/mol. The van der Waals surface area contributed by atoms with Crippen LogP contribution in [0.1, 0.15) is 0 Å². The molecule has 4 aromatic rings. The number of hydrogen-bond donors (Lipinski definition) is 0. The number of hydrogen-bond acceptors (Lipinski definition) is 3. The van der Waals surface area contributed by atoms with E-state index in [9.17, 15) is 0 Å². The SMILES string of the molecule is COc1ccc(-c2csc3nc4ccccc4n23)cc1. The van der Waals surface area contributed by atoms with E-state index in [1.54, 1.807) is 18.4 Å². The van der Waals surface area contributed by atoms with Crippen LogP contribution in [0.25, 0.3) is 27.3 Å². The molecule has 4 heteroatoms. The summed E-state index contributed by atoms with van der Waals surface area (Å²) in [5, 5.41) is 2.15. The third-order valence-corrected chi connectivity index (χ3v) is 4.26. The van der Waals surface area contributed by atoms with Gasteiger partial charge in [-0.05, 0) is 42.0 Å². The second kappa shape index (κ2) is 4.35. The standard InChI is InChI=1S/C16H12N2OS/c1-19-12-8-6-11(7-9-12)15-10-20-16-17-13-4-2-3-5-14(13)18(15)16/h2-10H,1H3. The van der Waals surface area contributed by atoms with Crippen LogP contribution in [0, 0.1) is 0 Å². The Morgan fingerprint density at radius 3 is 2.65 bits per heavy atom. The highest BCUT2D eigenvalue weighted by molar-refractivity contribution is 7.15. The molecule has 0 amide bonds. The first-order valence-corrected chi connectivity index (χ1v) is 7.24. The van der Waals surface area contributed by atoms with E-state index in [2.05, 4.69) is 33.0 Å². The van der Waals surface area contributed by atoms with E-state index in [-0.39, 0.29) is 0 Å². The van der Waals surface area contributed by atoms with Crippen LogP contribution in [0.2, 0.25) is 0 Å². The lowest BCUT2D eigenvalue weighted by atomic mass is 10.1. The molecule has 4 rings (SSSR count). The highest BCUT2D eigenvalue weighted by atomic mass is 32.1. The van der Waals surface area contributed by atoms with E-state index >= 15 is 0 Å². The van der Waals surface area contributed by atoms with Crippen molar-refractivity contribution in [1.82, 2.24) is 9.38 Å². The molecule has 3 nitrogen and oxygen atoms in total. The Labute approximate surface area is 120 Å². The molecule has 0 N–H and O–H groups in total. The molecule has 0 aliphatic carbocycles. The molecule has 0 aliphatic rings. The molecule has 2 aromatic carbocycles. The number of benzene rings is 2. The Hall–Kier alpha value is -2.33. The van der Waals surface area contributed by atoms with E-state index in [0.29, 0.717) is 0 Å². The number of thiazole rings is 1. The van der Waals surface area contributed by atoms with Gasteiger partial charge in [0, 0.05) is 5.38 Å². The minimum atomic E-state index is 0.871. The fraction of sp³-hybridized carbons (Fsp3) is 0.0625. The van der Waals surface area contributed by atoms with Gasteiger partial charge in [-0.3, -0.25) is 4.40 Å². The van der Waals surface area contributed by atoms with Gasteiger partial charge in [-0.1, -0.05) is 12.1 Å². The van der Waals surface area contributed by atoms with Gasteiger partial charge >= 0.3 is 0 Å². The predicted molar refractivity (Wildman–Crippen MR) is 82.6 cm³/mol. The summed E-state index contributed by atoms with van der Waals surface area (Å²) in [6.07, 6.45) is 0. The van der Waals surface area contributed by atoms with Crippen LogP contribution >= 0.6 is 11.3 Å². The van der Waals surface area contributed by atoms with Crippen molar-refractivity contribution in [3.05, 3.63) is 53.9 Å². The van der Waals surface area contributed by atoms with Gasteiger partial charge in [0.15, 0.2) is 4.96 Å². The van der Waals surface area contributed by atoms with Gasteiger partial charge in [0.05, 0.1) is 23.8 Å². The summed E-state index contributed by atoms with van der Waals surface area (Å²) in [5.74, 6) is 0.871. The van der Waals surface area contributed by atoms with Crippen molar-refractivity contribution >= 4 is 27.3 Å². The van der Waals surface area contributed by atoms with Crippen molar-refractivity contribution < 1.29 is 4.74 Å². The van der Waals surface area contributed by atoms with E-state index in [1.807, 2.05) is 30.3 Å². The largest absolute Gasteiger partial charge is 0.497 e. The van der Waals surface area contributed by atoms with Crippen LogP contribution in [0.4, 0.5) is 0 Å². The number of fused-ring (bicyclic) bond motifs is 3. The third-order valence-electron chi connectivity index (χ3n) is 3.43. The Kier molecular flexibility index (Phi) is 2.50. The molecule has 20 heavy (non-hydrogen) atoms. The number of methoxy groups -OCH3 is 1. The lowest BCUT2D eigenvalue weighted by Crippen LogP contribution is -1.87. The van der Waals surface area contributed by atoms with Gasteiger partial charge in [-0.2, -0.15) is 0 Å². The number of rotatable bonds is 2. The summed E-state index contributed by atoms with van der Waals surface area (Å²) >= 11 is 1.67. The average Bonchev–Trinajstić information content (AvgIpc) is 3.06. The Balaban J connectivity index is 1.98. The van der Waals surface area contributed by atoms with Gasteiger partial charge in [-0.15, -0.1) is 11.3 Å². The quantitative estimate of drug-likeness (QED) is 0.549. The van der Waals surface area contributed by atoms with Crippen LogP contribution in [-0.2, 0) is 0 Å². The molecule has 0 fully saturated rings. The zero-order chi connectivity index (χ0) is 13.5. The Morgan fingerprint density at radius 1 is 1.05 bits per heavy atom. The molecular formula is C16H12N2OS. The topological polar surface area (TPSA) is 26.5 Å². The zero-order valence-electron chi connectivity index (χ0n) is 10.9. The molecule has 98 valence electrons. The van der Waals surface area contributed by atoms with Crippen molar-refractivity contribution in [1.29, 1.82) is 0 Å². The molecule has 0 bridgehead atoms. The third kappa shape index (κ3) is 1.62. The Bertz CT molecular complexity index is 890. The highest BCUT2D eigenvalue weighted by Gasteiger charge is 2.11. The molecule has 0 saturated carbocycles. The molecule has 0 saturated heterocycles. The highest BCUT2D eigenvalue weighted by Crippen LogP contribution is 2.30. The maximum absolute atomic E-state index is 5.21. The fourth-order valence-corrected chi connectivity index (χ4v) is 3.35. The molecule has 0 aliphatic heterocycles. The van der Waals surface area contributed by atoms with E-state index in [4.69, 9.17) is 4.74 Å².